The highest BCUT2D eigenvalue weighted by Crippen LogP contribution is 2.44. The van der Waals surface area contributed by atoms with Gasteiger partial charge in [0.2, 0.25) is 0 Å². The summed E-state index contributed by atoms with van der Waals surface area (Å²) in [5, 5.41) is 22.1. The number of carbonyl (C=O) groups excluding carboxylic acids is 2. The van der Waals surface area contributed by atoms with E-state index >= 15 is 0 Å². The molecule has 3 aromatic rings. The average Bonchev–Trinajstić information content (AvgIpc) is 3.42. The number of fused-ring (bicyclic) bond motifs is 3. The molecule has 5 rings (SSSR count). The van der Waals surface area contributed by atoms with Crippen molar-refractivity contribution in [2.75, 3.05) is 13.2 Å². The van der Waals surface area contributed by atoms with Crippen molar-refractivity contribution >= 4 is 18.0 Å². The molecule has 1 heterocycles. The molecule has 2 amide bonds. The molecule has 35 heavy (non-hydrogen) atoms. The standard InChI is InChI=1S/C25H25N5O5/c31-23(27-16-11-15(12-16)24(32)33)22-13-30(29-28-22)10-9-26-25(34)35-14-21-19-7-3-1-5-17(19)18-6-2-4-8-20(18)21/h1-8,13,15-16,21H,9-12,14H2,(H,26,34)(H,27,31)(H,32,33). The van der Waals surface area contributed by atoms with E-state index in [4.69, 9.17) is 9.84 Å². The first-order valence-corrected chi connectivity index (χ1v) is 11.5. The molecule has 2 aliphatic carbocycles. The summed E-state index contributed by atoms with van der Waals surface area (Å²) in [6, 6.07) is 16.1. The maximum absolute atomic E-state index is 12.3. The molecule has 10 heteroatoms. The number of benzene rings is 2. The van der Waals surface area contributed by atoms with E-state index in [0.29, 0.717) is 19.4 Å². The SMILES string of the molecule is O=C(NCCn1cc(C(=O)NC2CC(C(=O)O)C2)nn1)OCC1c2ccccc2-c2ccccc21. The normalized spacial score (nSPS) is 18.2. The number of ether oxygens (including phenoxy) is 1. The lowest BCUT2D eigenvalue weighted by molar-refractivity contribution is -0.145. The second-order valence-electron chi connectivity index (χ2n) is 8.80. The van der Waals surface area contributed by atoms with E-state index in [0.717, 1.165) is 11.1 Å². The van der Waals surface area contributed by atoms with Gasteiger partial charge in [-0.15, -0.1) is 5.10 Å². The lowest BCUT2D eigenvalue weighted by Crippen LogP contribution is -2.46. The van der Waals surface area contributed by atoms with E-state index in [9.17, 15) is 14.4 Å². The Morgan fingerprint density at radius 3 is 2.34 bits per heavy atom. The molecule has 1 saturated carbocycles. The first kappa shape index (κ1) is 22.6. The number of carboxylic acids is 1. The van der Waals surface area contributed by atoms with Crippen molar-refractivity contribution in [1.82, 2.24) is 25.6 Å². The smallest absolute Gasteiger partial charge is 0.407 e. The third-order valence-electron chi connectivity index (χ3n) is 6.55. The molecule has 0 unspecified atom stereocenters. The number of alkyl carbamates (subject to hydrolysis) is 1. The molecule has 3 N–H and O–H groups in total. The van der Waals surface area contributed by atoms with Crippen molar-refractivity contribution in [3.8, 4) is 11.1 Å². The molecule has 1 fully saturated rings. The second-order valence-corrected chi connectivity index (χ2v) is 8.80. The minimum absolute atomic E-state index is 0.00835. The second kappa shape index (κ2) is 9.57. The van der Waals surface area contributed by atoms with Crippen LogP contribution in [0.4, 0.5) is 4.79 Å². The third-order valence-corrected chi connectivity index (χ3v) is 6.55. The van der Waals surface area contributed by atoms with Crippen LogP contribution < -0.4 is 10.6 Å². The van der Waals surface area contributed by atoms with E-state index < -0.39 is 23.9 Å². The average molecular weight is 476 g/mol. The fourth-order valence-corrected chi connectivity index (χ4v) is 4.63. The highest BCUT2D eigenvalue weighted by atomic mass is 16.5. The van der Waals surface area contributed by atoms with Crippen molar-refractivity contribution < 1.29 is 24.2 Å². The molecular weight excluding hydrogens is 450 g/mol. The van der Waals surface area contributed by atoms with Crippen LogP contribution >= 0.6 is 0 Å². The van der Waals surface area contributed by atoms with Gasteiger partial charge in [0.05, 0.1) is 18.7 Å². The number of rotatable bonds is 8. The highest BCUT2D eigenvalue weighted by Gasteiger charge is 2.35. The lowest BCUT2D eigenvalue weighted by Gasteiger charge is -2.32. The van der Waals surface area contributed by atoms with Crippen LogP contribution in [0, 0.1) is 5.92 Å². The summed E-state index contributed by atoms with van der Waals surface area (Å²) in [4.78, 5) is 35.4. The number of aliphatic carboxylic acids is 1. The Labute approximate surface area is 201 Å². The van der Waals surface area contributed by atoms with Gasteiger partial charge >= 0.3 is 12.1 Å². The van der Waals surface area contributed by atoms with Crippen LogP contribution in [0.5, 0.6) is 0 Å². The largest absolute Gasteiger partial charge is 0.481 e. The van der Waals surface area contributed by atoms with Crippen molar-refractivity contribution in [1.29, 1.82) is 0 Å². The topological polar surface area (TPSA) is 135 Å². The molecule has 0 saturated heterocycles. The van der Waals surface area contributed by atoms with Crippen LogP contribution in [-0.2, 0) is 16.1 Å². The number of hydrogen-bond donors (Lipinski definition) is 3. The van der Waals surface area contributed by atoms with Gasteiger partial charge in [-0.3, -0.25) is 9.59 Å². The summed E-state index contributed by atoms with van der Waals surface area (Å²) < 4.78 is 6.97. The molecule has 1 aromatic heterocycles. The van der Waals surface area contributed by atoms with E-state index in [-0.39, 0.29) is 30.8 Å². The minimum Gasteiger partial charge on any atom is -0.481 e. The van der Waals surface area contributed by atoms with Crippen molar-refractivity contribution in [3.63, 3.8) is 0 Å². The van der Waals surface area contributed by atoms with Crippen LogP contribution in [0.25, 0.3) is 11.1 Å². The first-order chi connectivity index (χ1) is 17.0. The monoisotopic (exact) mass is 475 g/mol. The van der Waals surface area contributed by atoms with Gasteiger partial charge in [0.1, 0.15) is 6.61 Å². The Bertz CT molecular complexity index is 1220. The lowest BCUT2D eigenvalue weighted by atomic mass is 9.80. The van der Waals surface area contributed by atoms with Gasteiger partial charge in [-0.2, -0.15) is 0 Å². The molecule has 2 aliphatic rings. The number of carboxylic acid groups (broad SMARTS) is 1. The van der Waals surface area contributed by atoms with Crippen molar-refractivity contribution in [3.05, 3.63) is 71.5 Å². The molecular formula is C25H25N5O5. The fourth-order valence-electron chi connectivity index (χ4n) is 4.63. The number of nitrogens with one attached hydrogen (secondary N) is 2. The van der Waals surface area contributed by atoms with Gasteiger partial charge in [-0.25, -0.2) is 9.48 Å². The molecule has 0 radical (unpaired) electrons. The van der Waals surface area contributed by atoms with E-state index in [1.807, 2.05) is 24.3 Å². The Morgan fingerprint density at radius 1 is 1.03 bits per heavy atom. The zero-order valence-electron chi connectivity index (χ0n) is 18.9. The van der Waals surface area contributed by atoms with E-state index in [2.05, 4.69) is 45.2 Å². The van der Waals surface area contributed by atoms with Gasteiger partial charge in [0, 0.05) is 18.5 Å². The van der Waals surface area contributed by atoms with Crippen LogP contribution in [0.3, 0.4) is 0 Å². The molecule has 0 atom stereocenters. The summed E-state index contributed by atoms with van der Waals surface area (Å²) in [6.07, 6.45) is 1.79. The third kappa shape index (κ3) is 4.72. The molecule has 0 bridgehead atoms. The first-order valence-electron chi connectivity index (χ1n) is 11.5. The van der Waals surface area contributed by atoms with Gasteiger partial charge in [-0.05, 0) is 35.1 Å². The zero-order valence-corrected chi connectivity index (χ0v) is 18.9. The highest BCUT2D eigenvalue weighted by molar-refractivity contribution is 5.92. The predicted octanol–water partition coefficient (Wildman–Crippen LogP) is 2.41. The van der Waals surface area contributed by atoms with E-state index in [1.165, 1.54) is 22.0 Å². The Hall–Kier alpha value is -4.21. The van der Waals surface area contributed by atoms with Crippen LogP contribution in [0.15, 0.2) is 54.7 Å². The summed E-state index contributed by atoms with van der Waals surface area (Å²) in [5.74, 6) is -1.65. The van der Waals surface area contributed by atoms with Gasteiger partial charge in [0.25, 0.3) is 5.91 Å². The summed E-state index contributed by atoms with van der Waals surface area (Å²) in [5.41, 5.74) is 4.78. The number of carbonyl (C=O) groups is 3. The molecule has 180 valence electrons. The Kier molecular flexibility index (Phi) is 6.17. The van der Waals surface area contributed by atoms with Crippen LogP contribution in [0.2, 0.25) is 0 Å². The summed E-state index contributed by atoms with van der Waals surface area (Å²) >= 11 is 0. The minimum atomic E-state index is -0.842. The molecule has 0 spiro atoms. The Morgan fingerprint density at radius 2 is 1.69 bits per heavy atom. The quantitative estimate of drug-likeness (QED) is 0.455. The molecule has 2 aromatic carbocycles. The van der Waals surface area contributed by atoms with Gasteiger partial charge in [-0.1, -0.05) is 53.7 Å². The maximum atomic E-state index is 12.3. The van der Waals surface area contributed by atoms with Gasteiger partial charge < -0.3 is 20.5 Å². The summed E-state index contributed by atoms with van der Waals surface area (Å²) in [7, 11) is 0. The number of amides is 2. The predicted molar refractivity (Wildman–Crippen MR) is 125 cm³/mol. The molecule has 10 nitrogen and oxygen atoms in total. The van der Waals surface area contributed by atoms with Crippen molar-refractivity contribution in [2.45, 2.75) is 31.3 Å². The zero-order chi connectivity index (χ0) is 24.4. The van der Waals surface area contributed by atoms with Crippen molar-refractivity contribution in [2.24, 2.45) is 5.92 Å². The molecule has 0 aliphatic heterocycles. The Balaban J connectivity index is 1.07. The number of hydrogen-bond acceptors (Lipinski definition) is 6. The van der Waals surface area contributed by atoms with Crippen LogP contribution in [0.1, 0.15) is 40.4 Å². The van der Waals surface area contributed by atoms with Gasteiger partial charge in [0.15, 0.2) is 5.69 Å². The maximum Gasteiger partial charge on any atom is 0.407 e. The van der Waals surface area contributed by atoms with E-state index in [1.54, 1.807) is 0 Å². The van der Waals surface area contributed by atoms with Crippen LogP contribution in [-0.4, -0.2) is 57.3 Å². The summed E-state index contributed by atoms with van der Waals surface area (Å²) in [6.45, 7) is 0.802. The number of nitrogens with zero attached hydrogens (tertiary/aromatic N) is 3. The fraction of sp³-hybridized carbons (Fsp3) is 0.320. The number of aromatic nitrogens is 3.